The van der Waals surface area contributed by atoms with Gasteiger partial charge < -0.3 is 4.74 Å². The summed E-state index contributed by atoms with van der Waals surface area (Å²) in [6.45, 7) is 7.27. The van der Waals surface area contributed by atoms with E-state index in [9.17, 15) is 13.2 Å². The van der Waals surface area contributed by atoms with Crippen molar-refractivity contribution in [3.63, 3.8) is 0 Å². The Morgan fingerprint density at radius 2 is 1.63 bits per heavy atom. The second kappa shape index (κ2) is 8.53. The minimum Gasteiger partial charge on any atom is -0.456 e. The van der Waals surface area contributed by atoms with Crippen LogP contribution in [0.4, 0.5) is 0 Å². The first kappa shape index (κ1) is 20.9. The van der Waals surface area contributed by atoms with Gasteiger partial charge in [-0.3, -0.25) is 0 Å². The van der Waals surface area contributed by atoms with Gasteiger partial charge in [-0.2, -0.15) is 0 Å². The maximum Gasteiger partial charge on any atom is 0.338 e. The molecule has 0 aliphatic rings. The molecule has 0 saturated carbocycles. The van der Waals surface area contributed by atoms with E-state index in [1.54, 1.807) is 75.4 Å². The van der Waals surface area contributed by atoms with E-state index in [2.05, 4.69) is 0 Å². The van der Waals surface area contributed by atoms with Crippen LogP contribution in [0.15, 0.2) is 71.6 Å². The fourth-order valence-electron chi connectivity index (χ4n) is 2.65. The van der Waals surface area contributed by atoms with Gasteiger partial charge in [-0.1, -0.05) is 42.5 Å². The quantitative estimate of drug-likeness (QED) is 0.510. The summed E-state index contributed by atoms with van der Waals surface area (Å²) in [6.07, 6.45) is 4.04. The monoisotopic (exact) mass is 386 g/mol. The highest BCUT2D eigenvalue weighted by Gasteiger charge is 2.28. The maximum atomic E-state index is 13.1. The second-order valence-corrected chi connectivity index (χ2v) is 9.41. The fourth-order valence-corrected chi connectivity index (χ4v) is 4.39. The number of carbonyl (C=O) groups is 1. The zero-order valence-corrected chi connectivity index (χ0v) is 17.0. The minimum atomic E-state index is -3.56. The first-order valence-electron chi connectivity index (χ1n) is 8.88. The molecule has 0 aliphatic carbocycles. The lowest BCUT2D eigenvalue weighted by Gasteiger charge is -2.20. The van der Waals surface area contributed by atoms with Crippen molar-refractivity contribution in [2.75, 3.05) is 0 Å². The van der Waals surface area contributed by atoms with Crippen LogP contribution in [0.5, 0.6) is 0 Å². The Bertz CT molecular complexity index is 890. The van der Waals surface area contributed by atoms with Crippen LogP contribution in [-0.2, 0) is 14.6 Å². The molecule has 2 aromatic carbocycles. The predicted octanol–water partition coefficient (Wildman–Crippen LogP) is 5.12. The van der Waals surface area contributed by atoms with Crippen molar-refractivity contribution in [2.45, 2.75) is 49.9 Å². The molecule has 5 heteroatoms. The molecule has 0 spiro atoms. The fraction of sp³-hybridized carbons (Fsp3) is 0.318. The van der Waals surface area contributed by atoms with Crippen LogP contribution in [-0.4, -0.2) is 20.0 Å². The van der Waals surface area contributed by atoms with Gasteiger partial charge in [-0.05, 0) is 63.9 Å². The van der Waals surface area contributed by atoms with E-state index in [1.165, 1.54) is 0 Å². The highest BCUT2D eigenvalue weighted by molar-refractivity contribution is 7.91. The number of carbonyl (C=O) groups excluding carboxylic acids is 1. The van der Waals surface area contributed by atoms with Crippen molar-refractivity contribution < 1.29 is 17.9 Å². The largest absolute Gasteiger partial charge is 0.456 e. The van der Waals surface area contributed by atoms with Gasteiger partial charge in [0.15, 0.2) is 9.84 Å². The van der Waals surface area contributed by atoms with Crippen LogP contribution >= 0.6 is 0 Å². The van der Waals surface area contributed by atoms with Gasteiger partial charge in [-0.15, -0.1) is 0 Å². The molecule has 0 bridgehead atoms. The Kier molecular flexibility index (Phi) is 6.60. The summed E-state index contributed by atoms with van der Waals surface area (Å²) in [4.78, 5) is 12.5. The van der Waals surface area contributed by atoms with Crippen LogP contribution in [0, 0.1) is 0 Å². The Morgan fingerprint density at radius 3 is 2.15 bits per heavy atom. The number of ether oxygens (including phenoxy) is 1. The third-order valence-electron chi connectivity index (χ3n) is 3.95. The molecule has 0 saturated heterocycles. The molecule has 1 atom stereocenters. The van der Waals surface area contributed by atoms with E-state index >= 15 is 0 Å². The number of allylic oxidation sites excluding steroid dienone is 2. The van der Waals surface area contributed by atoms with Gasteiger partial charge >= 0.3 is 5.97 Å². The number of esters is 1. The van der Waals surface area contributed by atoms with Crippen LogP contribution in [0.2, 0.25) is 0 Å². The number of rotatable bonds is 6. The third-order valence-corrected chi connectivity index (χ3v) is 6.09. The lowest BCUT2D eigenvalue weighted by atomic mass is 10.1. The SMILES string of the molecule is C/C=C/CC(c1ccc(C(=O)OC(C)(C)C)cc1)S(=O)(=O)c1ccccc1. The summed E-state index contributed by atoms with van der Waals surface area (Å²) in [5.74, 6) is -0.426. The molecule has 0 fully saturated rings. The van der Waals surface area contributed by atoms with Crippen molar-refractivity contribution in [2.24, 2.45) is 0 Å². The van der Waals surface area contributed by atoms with Crippen molar-refractivity contribution in [1.29, 1.82) is 0 Å². The minimum absolute atomic E-state index is 0.288. The summed E-state index contributed by atoms with van der Waals surface area (Å²) >= 11 is 0. The van der Waals surface area contributed by atoms with Gasteiger partial charge in [0.05, 0.1) is 15.7 Å². The molecule has 0 aliphatic heterocycles. The summed E-state index contributed by atoms with van der Waals surface area (Å²) in [5, 5.41) is -0.719. The molecular weight excluding hydrogens is 360 g/mol. The van der Waals surface area contributed by atoms with Crippen molar-refractivity contribution >= 4 is 15.8 Å². The first-order valence-corrected chi connectivity index (χ1v) is 10.4. The highest BCUT2D eigenvalue weighted by atomic mass is 32.2. The number of sulfone groups is 1. The summed E-state index contributed by atoms with van der Waals surface area (Å²) in [7, 11) is -3.56. The molecule has 1 unspecified atom stereocenters. The van der Waals surface area contributed by atoms with Gasteiger partial charge in [0, 0.05) is 0 Å². The van der Waals surface area contributed by atoms with E-state index in [0.717, 1.165) is 0 Å². The Labute approximate surface area is 161 Å². The molecule has 0 aromatic heterocycles. The van der Waals surface area contributed by atoms with Gasteiger partial charge in [0.2, 0.25) is 0 Å². The number of hydrogen-bond acceptors (Lipinski definition) is 4. The molecule has 2 aromatic rings. The zero-order valence-electron chi connectivity index (χ0n) is 16.2. The average molecular weight is 387 g/mol. The van der Waals surface area contributed by atoms with Gasteiger partial charge in [-0.25, -0.2) is 13.2 Å². The molecule has 0 heterocycles. The molecule has 2 rings (SSSR count). The molecule has 0 N–H and O–H groups in total. The van der Waals surface area contributed by atoms with E-state index < -0.39 is 26.7 Å². The van der Waals surface area contributed by atoms with E-state index in [4.69, 9.17) is 4.74 Å². The Hall–Kier alpha value is -2.40. The predicted molar refractivity (Wildman–Crippen MR) is 107 cm³/mol. The van der Waals surface area contributed by atoms with Crippen molar-refractivity contribution in [1.82, 2.24) is 0 Å². The van der Waals surface area contributed by atoms with E-state index in [1.807, 2.05) is 19.1 Å². The van der Waals surface area contributed by atoms with Crippen LogP contribution in [0.3, 0.4) is 0 Å². The van der Waals surface area contributed by atoms with Crippen LogP contribution < -0.4 is 0 Å². The molecule has 27 heavy (non-hydrogen) atoms. The summed E-state index contributed by atoms with van der Waals surface area (Å²) in [5.41, 5.74) is 0.459. The lowest BCUT2D eigenvalue weighted by Crippen LogP contribution is -2.23. The third kappa shape index (κ3) is 5.54. The zero-order chi connectivity index (χ0) is 20.1. The lowest BCUT2D eigenvalue weighted by molar-refractivity contribution is 0.00695. The molecule has 144 valence electrons. The first-order chi connectivity index (χ1) is 12.6. The molecular formula is C22H26O4S. The van der Waals surface area contributed by atoms with Crippen molar-refractivity contribution in [3.8, 4) is 0 Å². The Morgan fingerprint density at radius 1 is 1.04 bits per heavy atom. The Balaban J connectivity index is 2.36. The number of hydrogen-bond donors (Lipinski definition) is 0. The van der Waals surface area contributed by atoms with Gasteiger partial charge in [0.1, 0.15) is 5.60 Å². The highest BCUT2D eigenvalue weighted by Crippen LogP contribution is 2.32. The maximum absolute atomic E-state index is 13.1. The van der Waals surface area contributed by atoms with Crippen molar-refractivity contribution in [3.05, 3.63) is 77.9 Å². The average Bonchev–Trinajstić information content (AvgIpc) is 2.61. The molecule has 4 nitrogen and oxygen atoms in total. The summed E-state index contributed by atoms with van der Waals surface area (Å²) < 4.78 is 31.6. The topological polar surface area (TPSA) is 60.4 Å². The van der Waals surface area contributed by atoms with E-state index in [-0.39, 0.29) is 4.90 Å². The van der Waals surface area contributed by atoms with E-state index in [0.29, 0.717) is 17.5 Å². The number of benzene rings is 2. The van der Waals surface area contributed by atoms with Crippen LogP contribution in [0.1, 0.15) is 55.3 Å². The van der Waals surface area contributed by atoms with Crippen LogP contribution in [0.25, 0.3) is 0 Å². The smallest absolute Gasteiger partial charge is 0.338 e. The molecule has 0 radical (unpaired) electrons. The summed E-state index contributed by atoms with van der Waals surface area (Å²) in [6, 6.07) is 15.0. The standard InChI is InChI=1S/C22H26O4S/c1-5-6-12-20(27(24,25)19-10-8-7-9-11-19)17-13-15-18(16-14-17)21(23)26-22(2,3)4/h5-11,13-16,20H,12H2,1-4H3/b6-5+. The van der Waals surface area contributed by atoms with Gasteiger partial charge in [0.25, 0.3) is 0 Å². The normalized spacial score (nSPS) is 13.5. The molecule has 0 amide bonds. The second-order valence-electron chi connectivity index (χ2n) is 7.28.